The Kier molecular flexibility index (Phi) is 6.16. The van der Waals surface area contributed by atoms with Gasteiger partial charge in [-0.15, -0.1) is 5.10 Å². The fourth-order valence-corrected chi connectivity index (χ4v) is 4.05. The maximum Gasteiger partial charge on any atom is 0.340 e. The molecular formula is C20H22N4O5S. The van der Waals surface area contributed by atoms with Crippen molar-refractivity contribution in [2.24, 2.45) is 0 Å². The minimum atomic E-state index is -0.507. The molecule has 0 atom stereocenters. The summed E-state index contributed by atoms with van der Waals surface area (Å²) >= 11 is 1.12. The number of hydrogen-bond acceptors (Lipinski definition) is 7. The number of hydrogen-bond donors (Lipinski definition) is 3. The van der Waals surface area contributed by atoms with E-state index in [-0.39, 0.29) is 24.0 Å². The Labute approximate surface area is 176 Å². The summed E-state index contributed by atoms with van der Waals surface area (Å²) in [5.41, 5.74) is 2.53. The zero-order valence-electron chi connectivity index (χ0n) is 17.0. The van der Waals surface area contributed by atoms with Crippen molar-refractivity contribution in [3.8, 4) is 5.75 Å². The zero-order valence-corrected chi connectivity index (χ0v) is 17.8. The number of aromatic nitrogens is 3. The van der Waals surface area contributed by atoms with Crippen LogP contribution in [0.15, 0.2) is 28.2 Å². The SMILES string of the molecule is CCOC(=O)c1c(C)c2c(=O)[nH]nc(SCC(=O)Nc3ccc(O)cc3C)n2c1C. The Morgan fingerprint density at radius 2 is 2.03 bits per heavy atom. The van der Waals surface area contributed by atoms with Crippen LogP contribution in [0.5, 0.6) is 5.75 Å². The largest absolute Gasteiger partial charge is 0.508 e. The molecule has 0 saturated heterocycles. The van der Waals surface area contributed by atoms with Gasteiger partial charge < -0.3 is 15.2 Å². The molecule has 3 aromatic rings. The molecule has 3 rings (SSSR count). The molecule has 1 aromatic carbocycles. The predicted molar refractivity (Wildman–Crippen MR) is 113 cm³/mol. The molecule has 0 radical (unpaired) electrons. The molecule has 0 aliphatic carbocycles. The van der Waals surface area contributed by atoms with Crippen molar-refractivity contribution in [2.45, 2.75) is 32.9 Å². The number of carbonyl (C=O) groups excluding carboxylic acids is 2. The Hall–Kier alpha value is -3.27. The van der Waals surface area contributed by atoms with Crippen LogP contribution in [0.1, 0.15) is 34.1 Å². The average molecular weight is 430 g/mol. The third-order valence-corrected chi connectivity index (χ3v) is 5.55. The number of esters is 1. The van der Waals surface area contributed by atoms with E-state index in [1.54, 1.807) is 44.2 Å². The van der Waals surface area contributed by atoms with Crippen LogP contribution < -0.4 is 10.9 Å². The number of amides is 1. The first-order valence-electron chi connectivity index (χ1n) is 9.24. The molecule has 0 bridgehead atoms. The van der Waals surface area contributed by atoms with Crippen LogP contribution in [0.25, 0.3) is 5.52 Å². The van der Waals surface area contributed by atoms with Crippen molar-refractivity contribution in [3.05, 3.63) is 50.9 Å². The number of aromatic amines is 1. The predicted octanol–water partition coefficient (Wildman–Crippen LogP) is 2.56. The lowest BCUT2D eigenvalue weighted by Gasteiger charge is -2.09. The number of phenolic OH excluding ortho intramolecular Hbond substituents is 1. The van der Waals surface area contributed by atoms with Gasteiger partial charge in [-0.25, -0.2) is 9.89 Å². The van der Waals surface area contributed by atoms with Crippen molar-refractivity contribution in [3.63, 3.8) is 0 Å². The second-order valence-electron chi connectivity index (χ2n) is 6.66. The Morgan fingerprint density at radius 3 is 2.70 bits per heavy atom. The Bertz CT molecular complexity index is 1200. The summed E-state index contributed by atoms with van der Waals surface area (Å²) in [5.74, 6) is -0.635. The lowest BCUT2D eigenvalue weighted by molar-refractivity contribution is -0.113. The summed E-state index contributed by atoms with van der Waals surface area (Å²) in [4.78, 5) is 37.1. The van der Waals surface area contributed by atoms with Crippen molar-refractivity contribution < 1.29 is 19.4 Å². The fraction of sp³-hybridized carbons (Fsp3) is 0.300. The number of anilines is 1. The van der Waals surface area contributed by atoms with E-state index in [9.17, 15) is 19.5 Å². The summed E-state index contributed by atoms with van der Waals surface area (Å²) < 4.78 is 6.68. The quantitative estimate of drug-likeness (QED) is 0.312. The van der Waals surface area contributed by atoms with E-state index >= 15 is 0 Å². The molecule has 3 N–H and O–H groups in total. The first-order valence-corrected chi connectivity index (χ1v) is 10.2. The molecule has 0 fully saturated rings. The number of benzene rings is 1. The van der Waals surface area contributed by atoms with Crippen LogP contribution in [-0.2, 0) is 9.53 Å². The van der Waals surface area contributed by atoms with Gasteiger partial charge in [0.25, 0.3) is 5.56 Å². The summed E-state index contributed by atoms with van der Waals surface area (Å²) in [5, 5.41) is 19.1. The average Bonchev–Trinajstić information content (AvgIpc) is 2.95. The van der Waals surface area contributed by atoms with Gasteiger partial charge in [0.05, 0.1) is 17.9 Å². The number of carbonyl (C=O) groups is 2. The standard InChI is InChI=1S/C20H22N4O5S/c1-5-29-19(28)16-11(3)17-18(27)22-23-20(24(17)12(16)4)30-9-15(26)21-14-7-6-13(25)8-10(14)2/h6-8,25H,5,9H2,1-4H3,(H,21,26)(H,22,27). The Morgan fingerprint density at radius 1 is 1.30 bits per heavy atom. The van der Waals surface area contributed by atoms with Crippen LogP contribution in [-0.4, -0.2) is 43.9 Å². The Balaban J connectivity index is 1.88. The van der Waals surface area contributed by atoms with Crippen molar-refractivity contribution >= 4 is 34.8 Å². The summed E-state index contributed by atoms with van der Waals surface area (Å²) in [7, 11) is 0. The van der Waals surface area contributed by atoms with Gasteiger partial charge in [-0.05, 0) is 57.0 Å². The van der Waals surface area contributed by atoms with Crippen LogP contribution in [0.2, 0.25) is 0 Å². The van der Waals surface area contributed by atoms with E-state index in [0.29, 0.717) is 33.2 Å². The molecule has 30 heavy (non-hydrogen) atoms. The highest BCUT2D eigenvalue weighted by molar-refractivity contribution is 7.99. The number of aromatic hydroxyl groups is 1. The van der Waals surface area contributed by atoms with Crippen LogP contribution in [0.3, 0.4) is 0 Å². The maximum absolute atomic E-state index is 12.4. The highest BCUT2D eigenvalue weighted by Gasteiger charge is 2.24. The van der Waals surface area contributed by atoms with Gasteiger partial charge in [0, 0.05) is 11.4 Å². The number of fused-ring (bicyclic) bond motifs is 1. The van der Waals surface area contributed by atoms with Crippen molar-refractivity contribution in [2.75, 3.05) is 17.7 Å². The number of ether oxygens (including phenoxy) is 1. The minimum absolute atomic E-state index is 0.0276. The topological polar surface area (TPSA) is 126 Å². The summed E-state index contributed by atoms with van der Waals surface area (Å²) in [6.07, 6.45) is 0. The van der Waals surface area contributed by atoms with Crippen molar-refractivity contribution in [1.82, 2.24) is 14.6 Å². The lowest BCUT2D eigenvalue weighted by atomic mass is 10.1. The number of nitrogens with one attached hydrogen (secondary N) is 2. The molecule has 0 spiro atoms. The first-order chi connectivity index (χ1) is 14.2. The normalized spacial score (nSPS) is 10.9. The monoisotopic (exact) mass is 430 g/mol. The maximum atomic E-state index is 12.4. The van der Waals surface area contributed by atoms with E-state index < -0.39 is 11.5 Å². The lowest BCUT2D eigenvalue weighted by Crippen LogP contribution is -2.18. The molecule has 0 unspecified atom stereocenters. The van der Waals surface area contributed by atoms with E-state index in [1.165, 1.54) is 6.07 Å². The van der Waals surface area contributed by atoms with Gasteiger partial charge in [0.1, 0.15) is 11.3 Å². The number of rotatable bonds is 6. The summed E-state index contributed by atoms with van der Waals surface area (Å²) in [6, 6.07) is 4.67. The molecule has 0 aliphatic rings. The molecule has 2 aromatic heterocycles. The highest BCUT2D eigenvalue weighted by Crippen LogP contribution is 2.26. The highest BCUT2D eigenvalue weighted by atomic mass is 32.2. The van der Waals surface area contributed by atoms with E-state index in [4.69, 9.17) is 4.74 Å². The molecule has 1 amide bonds. The number of aryl methyl sites for hydroxylation is 3. The second-order valence-corrected chi connectivity index (χ2v) is 7.60. The minimum Gasteiger partial charge on any atom is -0.508 e. The van der Waals surface area contributed by atoms with Gasteiger partial charge >= 0.3 is 5.97 Å². The molecule has 158 valence electrons. The smallest absolute Gasteiger partial charge is 0.340 e. The molecule has 10 heteroatoms. The summed E-state index contributed by atoms with van der Waals surface area (Å²) in [6.45, 7) is 7.09. The molecule has 0 aliphatic heterocycles. The van der Waals surface area contributed by atoms with Crippen LogP contribution >= 0.6 is 11.8 Å². The molecule has 9 nitrogen and oxygen atoms in total. The number of thioether (sulfide) groups is 1. The van der Waals surface area contributed by atoms with Gasteiger partial charge in [-0.3, -0.25) is 14.0 Å². The molecule has 0 saturated carbocycles. The number of H-pyrrole nitrogens is 1. The van der Waals surface area contributed by atoms with E-state index in [2.05, 4.69) is 15.5 Å². The number of phenols is 1. The van der Waals surface area contributed by atoms with E-state index in [1.807, 2.05) is 0 Å². The van der Waals surface area contributed by atoms with Crippen molar-refractivity contribution in [1.29, 1.82) is 0 Å². The van der Waals surface area contributed by atoms with E-state index in [0.717, 1.165) is 17.3 Å². The van der Waals surface area contributed by atoms with Crippen LogP contribution in [0.4, 0.5) is 5.69 Å². The van der Waals surface area contributed by atoms with Gasteiger partial charge in [0.2, 0.25) is 5.91 Å². The van der Waals surface area contributed by atoms with Crippen LogP contribution in [0, 0.1) is 20.8 Å². The third kappa shape index (κ3) is 4.04. The van der Waals surface area contributed by atoms with Gasteiger partial charge in [-0.2, -0.15) is 0 Å². The fourth-order valence-electron chi connectivity index (χ4n) is 3.25. The van der Waals surface area contributed by atoms with Gasteiger partial charge in [-0.1, -0.05) is 11.8 Å². The third-order valence-electron chi connectivity index (χ3n) is 4.61. The first kappa shape index (κ1) is 21.4. The molecular weight excluding hydrogens is 408 g/mol. The number of nitrogens with zero attached hydrogens (tertiary/aromatic N) is 2. The molecule has 2 heterocycles. The second kappa shape index (κ2) is 8.62. The van der Waals surface area contributed by atoms with Gasteiger partial charge in [0.15, 0.2) is 5.16 Å². The zero-order chi connectivity index (χ0) is 22.0.